The van der Waals surface area contributed by atoms with Crippen molar-refractivity contribution in [3.63, 3.8) is 0 Å². The van der Waals surface area contributed by atoms with Crippen molar-refractivity contribution in [3.8, 4) is 23.0 Å². The summed E-state index contributed by atoms with van der Waals surface area (Å²) in [6, 6.07) is 0. The Labute approximate surface area is 84.6 Å². The first-order valence-corrected chi connectivity index (χ1v) is 3.70. The van der Waals surface area contributed by atoms with Crippen molar-refractivity contribution in [1.29, 1.82) is 0 Å². The molecule has 0 aromatic heterocycles. The fourth-order valence-electron chi connectivity index (χ4n) is 0.902. The number of phenols is 4. The van der Waals surface area contributed by atoms with Crippen molar-refractivity contribution < 1.29 is 25.2 Å². The summed E-state index contributed by atoms with van der Waals surface area (Å²) in [5.74, 6) is -3.77. The lowest BCUT2D eigenvalue weighted by Crippen LogP contribution is -2.07. The zero-order valence-electron chi connectivity index (χ0n) is 6.65. The van der Waals surface area contributed by atoms with Crippen molar-refractivity contribution >= 4 is 30.2 Å². The average Bonchev–Trinajstić information content (AvgIpc) is 2.11. The summed E-state index contributed by atoms with van der Waals surface area (Å²) >= 11 is 4.99. The molecule has 4 N–H and O–H groups in total. The highest BCUT2D eigenvalue weighted by atomic mass is 35.5. The molecule has 0 aliphatic rings. The van der Waals surface area contributed by atoms with Crippen LogP contribution in [-0.4, -0.2) is 33.5 Å². The van der Waals surface area contributed by atoms with Crippen LogP contribution in [-0.2, 0) is 0 Å². The van der Waals surface area contributed by atoms with E-state index in [9.17, 15) is 4.79 Å². The van der Waals surface area contributed by atoms with Crippen LogP contribution in [0.25, 0.3) is 0 Å². The van der Waals surface area contributed by atoms with Gasteiger partial charge in [0, 0.05) is 0 Å². The number of aromatic hydroxyl groups is 4. The highest BCUT2D eigenvalue weighted by Crippen LogP contribution is 2.40. The minimum absolute atomic E-state index is 0.637. The highest BCUT2D eigenvalue weighted by Gasteiger charge is 2.24. The molecule has 0 unspecified atom stereocenters. The number of carbonyl (C=O) groups excluding carboxylic acids is 1. The van der Waals surface area contributed by atoms with Crippen LogP contribution in [0, 0.1) is 0 Å². The number of hydrogen-bond acceptors (Lipinski definition) is 5. The first-order chi connectivity index (χ1) is 6.37. The van der Waals surface area contributed by atoms with Gasteiger partial charge in [-0.2, -0.15) is 0 Å². The summed E-state index contributed by atoms with van der Waals surface area (Å²) in [5, 5.41) is 35.2. The van der Waals surface area contributed by atoms with Gasteiger partial charge < -0.3 is 20.4 Å². The number of carbonyl (C=O) groups is 1. The molecular formula is C7H4BClO5. The molecule has 7 heteroatoms. The number of phenolic OH excluding ortho intramolecular Hbond substituents is 4. The zero-order valence-corrected chi connectivity index (χ0v) is 7.41. The molecule has 0 fully saturated rings. The number of rotatable bonds is 1. The maximum absolute atomic E-state index is 10.7. The largest absolute Gasteiger partial charge is 0.505 e. The lowest BCUT2D eigenvalue weighted by Gasteiger charge is -2.10. The normalized spacial score (nSPS) is 10.1. The van der Waals surface area contributed by atoms with E-state index in [2.05, 4.69) is 0 Å². The van der Waals surface area contributed by atoms with Crippen LogP contribution in [0.1, 0.15) is 10.4 Å². The van der Waals surface area contributed by atoms with E-state index in [0.29, 0.717) is 0 Å². The fourth-order valence-corrected chi connectivity index (χ4v) is 1.08. The van der Waals surface area contributed by atoms with E-state index in [1.807, 2.05) is 0 Å². The van der Waals surface area contributed by atoms with Gasteiger partial charge in [0.1, 0.15) is 13.4 Å². The molecule has 0 spiro atoms. The summed E-state index contributed by atoms with van der Waals surface area (Å²) in [7, 11) is 5.08. The maximum Gasteiger partial charge on any atom is 0.260 e. The van der Waals surface area contributed by atoms with E-state index >= 15 is 0 Å². The van der Waals surface area contributed by atoms with E-state index in [1.54, 1.807) is 0 Å². The minimum Gasteiger partial charge on any atom is -0.505 e. The van der Waals surface area contributed by atoms with Crippen LogP contribution >= 0.6 is 11.6 Å². The average molecular weight is 214 g/mol. The second-order valence-electron chi connectivity index (χ2n) is 2.46. The van der Waals surface area contributed by atoms with Gasteiger partial charge in [-0.3, -0.25) is 4.79 Å². The van der Waals surface area contributed by atoms with Gasteiger partial charge in [0.25, 0.3) is 5.24 Å². The zero-order chi connectivity index (χ0) is 11.0. The quantitative estimate of drug-likeness (QED) is 0.222. The molecule has 1 aromatic carbocycles. The van der Waals surface area contributed by atoms with Crippen molar-refractivity contribution in [2.45, 2.75) is 0 Å². The Morgan fingerprint density at radius 3 is 1.64 bits per heavy atom. The standard InChI is InChI=1S/C7H4BClO5/c8-2-5(12)3(10)1(7(9)14)4(11)6(2)13/h10-13H. The molecule has 0 aliphatic heterocycles. The molecule has 5 nitrogen and oxygen atoms in total. The Kier molecular flexibility index (Phi) is 2.48. The molecule has 0 bridgehead atoms. The van der Waals surface area contributed by atoms with Crippen LogP contribution in [0.3, 0.4) is 0 Å². The lowest BCUT2D eigenvalue weighted by molar-refractivity contribution is 0.107. The van der Waals surface area contributed by atoms with E-state index in [-0.39, 0.29) is 0 Å². The Balaban J connectivity index is 3.68. The van der Waals surface area contributed by atoms with Gasteiger partial charge >= 0.3 is 0 Å². The van der Waals surface area contributed by atoms with Crippen LogP contribution < -0.4 is 5.46 Å². The fraction of sp³-hybridized carbons (Fsp3) is 0. The number of halogens is 1. The summed E-state index contributed by atoms with van der Waals surface area (Å²) in [4.78, 5) is 10.7. The molecule has 0 aliphatic carbocycles. The predicted octanol–water partition coefficient (Wildman–Crippen LogP) is -0.318. The molecule has 0 heterocycles. The SMILES string of the molecule is [B]c1c(O)c(O)c(C(=O)Cl)c(O)c1O. The maximum atomic E-state index is 10.7. The molecule has 1 aromatic rings. The summed E-state index contributed by atoms with van der Waals surface area (Å²) in [6.45, 7) is 0. The summed E-state index contributed by atoms with van der Waals surface area (Å²) in [6.07, 6.45) is 0. The molecule has 1 rings (SSSR count). The van der Waals surface area contributed by atoms with Gasteiger partial charge in [0.05, 0.1) is 0 Å². The minimum atomic E-state index is -1.23. The Bertz CT molecular complexity index is 388. The van der Waals surface area contributed by atoms with E-state index in [0.717, 1.165) is 0 Å². The second kappa shape index (κ2) is 3.30. The Hall–Kier alpha value is -1.56. The first kappa shape index (κ1) is 10.5. The lowest BCUT2D eigenvalue weighted by atomic mass is 9.91. The van der Waals surface area contributed by atoms with Crippen LogP contribution in [0.5, 0.6) is 23.0 Å². The van der Waals surface area contributed by atoms with Crippen LogP contribution in [0.2, 0.25) is 0 Å². The molecule has 14 heavy (non-hydrogen) atoms. The van der Waals surface area contributed by atoms with Crippen LogP contribution in [0.15, 0.2) is 0 Å². The number of benzene rings is 1. The third-order valence-electron chi connectivity index (χ3n) is 1.63. The smallest absolute Gasteiger partial charge is 0.260 e. The summed E-state index contributed by atoms with van der Waals surface area (Å²) < 4.78 is 0. The Morgan fingerprint density at radius 1 is 1.00 bits per heavy atom. The molecule has 0 saturated carbocycles. The van der Waals surface area contributed by atoms with E-state index in [4.69, 9.17) is 39.9 Å². The van der Waals surface area contributed by atoms with Gasteiger partial charge in [-0.05, 0) is 17.1 Å². The number of hydrogen-bond donors (Lipinski definition) is 4. The van der Waals surface area contributed by atoms with Crippen molar-refractivity contribution in [1.82, 2.24) is 0 Å². The molecular weight excluding hydrogens is 210 g/mol. The molecule has 72 valence electrons. The molecule has 0 atom stereocenters. The van der Waals surface area contributed by atoms with Gasteiger partial charge in [-0.1, -0.05) is 0 Å². The molecule has 0 amide bonds. The van der Waals surface area contributed by atoms with Crippen LogP contribution in [0.4, 0.5) is 0 Å². The van der Waals surface area contributed by atoms with E-state index < -0.39 is 39.3 Å². The van der Waals surface area contributed by atoms with Gasteiger partial charge in [-0.25, -0.2) is 0 Å². The van der Waals surface area contributed by atoms with Crippen molar-refractivity contribution in [2.24, 2.45) is 0 Å². The topological polar surface area (TPSA) is 98.0 Å². The molecule has 2 radical (unpaired) electrons. The van der Waals surface area contributed by atoms with Crippen molar-refractivity contribution in [2.75, 3.05) is 0 Å². The monoisotopic (exact) mass is 214 g/mol. The summed E-state index contributed by atoms with van der Waals surface area (Å²) in [5.41, 5.74) is -1.43. The van der Waals surface area contributed by atoms with Gasteiger partial charge in [0.2, 0.25) is 0 Å². The Morgan fingerprint density at radius 2 is 1.36 bits per heavy atom. The third kappa shape index (κ3) is 1.33. The predicted molar refractivity (Wildman–Crippen MR) is 48.7 cm³/mol. The highest BCUT2D eigenvalue weighted by molar-refractivity contribution is 6.68. The molecule has 0 saturated heterocycles. The second-order valence-corrected chi connectivity index (χ2v) is 2.80. The van der Waals surface area contributed by atoms with Gasteiger partial charge in [0.15, 0.2) is 23.0 Å². The van der Waals surface area contributed by atoms with Crippen molar-refractivity contribution in [3.05, 3.63) is 5.56 Å². The first-order valence-electron chi connectivity index (χ1n) is 3.33. The van der Waals surface area contributed by atoms with Gasteiger partial charge in [-0.15, -0.1) is 0 Å². The van der Waals surface area contributed by atoms with E-state index in [1.165, 1.54) is 0 Å². The third-order valence-corrected chi connectivity index (χ3v) is 1.82.